The lowest BCUT2D eigenvalue weighted by Gasteiger charge is -2.13. The maximum atomic E-state index is 12.2. The Morgan fingerprint density at radius 1 is 1.08 bits per heavy atom. The molecule has 0 unspecified atom stereocenters. The molecule has 2 rings (SSSR count). The van der Waals surface area contributed by atoms with Crippen molar-refractivity contribution in [3.05, 3.63) is 58.9 Å². The Morgan fingerprint density at radius 2 is 1.76 bits per heavy atom. The highest BCUT2D eigenvalue weighted by molar-refractivity contribution is 7.88. The van der Waals surface area contributed by atoms with Crippen LogP contribution in [-0.4, -0.2) is 24.6 Å². The zero-order chi connectivity index (χ0) is 18.4. The lowest BCUT2D eigenvalue weighted by Crippen LogP contribution is -2.31. The van der Waals surface area contributed by atoms with Gasteiger partial charge in [0.1, 0.15) is 5.75 Å². The molecule has 0 aliphatic carbocycles. The predicted molar refractivity (Wildman–Crippen MR) is 98.5 cm³/mol. The molecule has 1 aromatic carbocycles. The van der Waals surface area contributed by atoms with Gasteiger partial charge < -0.3 is 10.4 Å². The second kappa shape index (κ2) is 8.42. The predicted octanol–water partition coefficient (Wildman–Crippen LogP) is 2.21. The van der Waals surface area contributed by atoms with Crippen molar-refractivity contribution in [1.82, 2.24) is 15.0 Å². The SMILES string of the molecule is Cc1ccc(O)c(CNCc2ccccc2CS(=O)(=O)NC(C)C)n1. The summed E-state index contributed by atoms with van der Waals surface area (Å²) in [6, 6.07) is 10.7. The largest absolute Gasteiger partial charge is 0.506 e. The van der Waals surface area contributed by atoms with Crippen molar-refractivity contribution in [2.75, 3.05) is 0 Å². The van der Waals surface area contributed by atoms with E-state index in [-0.39, 0.29) is 17.5 Å². The summed E-state index contributed by atoms with van der Waals surface area (Å²) >= 11 is 0. The fourth-order valence-corrected chi connectivity index (χ4v) is 4.02. The average molecular weight is 363 g/mol. The molecule has 0 bridgehead atoms. The topological polar surface area (TPSA) is 91.3 Å². The van der Waals surface area contributed by atoms with Crippen LogP contribution in [0.1, 0.15) is 36.4 Å². The van der Waals surface area contributed by atoms with Crippen molar-refractivity contribution >= 4 is 10.0 Å². The van der Waals surface area contributed by atoms with E-state index in [2.05, 4.69) is 15.0 Å². The molecule has 136 valence electrons. The van der Waals surface area contributed by atoms with Crippen molar-refractivity contribution in [3.63, 3.8) is 0 Å². The second-order valence-electron chi connectivity index (χ2n) is 6.32. The summed E-state index contributed by atoms with van der Waals surface area (Å²) in [6.45, 7) is 6.35. The number of pyridine rings is 1. The fraction of sp³-hybridized carbons (Fsp3) is 0.389. The maximum absolute atomic E-state index is 12.2. The van der Waals surface area contributed by atoms with E-state index < -0.39 is 10.0 Å². The van der Waals surface area contributed by atoms with Crippen LogP contribution in [0, 0.1) is 6.92 Å². The summed E-state index contributed by atoms with van der Waals surface area (Å²) in [5.74, 6) is 0.0897. The summed E-state index contributed by atoms with van der Waals surface area (Å²) in [5.41, 5.74) is 3.07. The molecule has 1 heterocycles. The number of hydrogen-bond donors (Lipinski definition) is 3. The molecule has 0 aliphatic rings. The van der Waals surface area contributed by atoms with Gasteiger partial charge in [0.15, 0.2) is 0 Å². The van der Waals surface area contributed by atoms with Gasteiger partial charge in [-0.15, -0.1) is 0 Å². The molecule has 0 saturated heterocycles. The average Bonchev–Trinajstić information content (AvgIpc) is 2.50. The lowest BCUT2D eigenvalue weighted by atomic mass is 10.1. The van der Waals surface area contributed by atoms with Gasteiger partial charge in [0, 0.05) is 24.8 Å². The molecular weight excluding hydrogens is 338 g/mol. The molecule has 1 aromatic heterocycles. The molecule has 7 heteroatoms. The molecule has 3 N–H and O–H groups in total. The Bertz CT molecular complexity index is 820. The van der Waals surface area contributed by atoms with Gasteiger partial charge in [0.05, 0.1) is 11.4 Å². The fourth-order valence-electron chi connectivity index (χ4n) is 2.53. The number of nitrogens with one attached hydrogen (secondary N) is 2. The molecule has 0 amide bonds. The minimum Gasteiger partial charge on any atom is -0.506 e. The van der Waals surface area contributed by atoms with E-state index >= 15 is 0 Å². The molecule has 2 aromatic rings. The number of rotatable bonds is 8. The number of aromatic hydroxyl groups is 1. The Balaban J connectivity index is 2.04. The van der Waals surface area contributed by atoms with Crippen LogP contribution >= 0.6 is 0 Å². The minimum atomic E-state index is -3.38. The number of benzene rings is 1. The normalized spacial score (nSPS) is 11.8. The summed E-state index contributed by atoms with van der Waals surface area (Å²) in [5, 5.41) is 13.0. The van der Waals surface area contributed by atoms with Gasteiger partial charge in [-0.25, -0.2) is 13.1 Å². The first-order valence-corrected chi connectivity index (χ1v) is 9.85. The summed E-state index contributed by atoms with van der Waals surface area (Å²) in [4.78, 5) is 4.30. The zero-order valence-electron chi connectivity index (χ0n) is 14.8. The number of aromatic nitrogens is 1. The van der Waals surface area contributed by atoms with Crippen molar-refractivity contribution in [1.29, 1.82) is 0 Å². The third-order valence-corrected chi connectivity index (χ3v) is 5.10. The van der Waals surface area contributed by atoms with E-state index in [4.69, 9.17) is 0 Å². The van der Waals surface area contributed by atoms with Crippen LogP contribution in [-0.2, 0) is 28.9 Å². The van der Waals surface area contributed by atoms with Crippen molar-refractivity contribution in [2.24, 2.45) is 0 Å². The molecular formula is C18H25N3O3S. The Labute approximate surface area is 149 Å². The van der Waals surface area contributed by atoms with Gasteiger partial charge in [-0.1, -0.05) is 24.3 Å². The van der Waals surface area contributed by atoms with E-state index in [0.29, 0.717) is 18.8 Å². The second-order valence-corrected chi connectivity index (χ2v) is 8.08. The van der Waals surface area contributed by atoms with Crippen LogP contribution in [0.4, 0.5) is 0 Å². The molecule has 25 heavy (non-hydrogen) atoms. The van der Waals surface area contributed by atoms with Crippen LogP contribution < -0.4 is 10.0 Å². The standard InChI is InChI=1S/C18H25N3O3S/c1-13(2)21-25(23,24)12-16-7-5-4-6-15(16)10-19-11-17-18(22)9-8-14(3)20-17/h4-9,13,19,21-22H,10-12H2,1-3H3. The molecule has 0 aliphatic heterocycles. The minimum absolute atomic E-state index is 0.0586. The molecule has 6 nitrogen and oxygen atoms in total. The van der Waals surface area contributed by atoms with E-state index in [1.165, 1.54) is 0 Å². The van der Waals surface area contributed by atoms with E-state index in [1.54, 1.807) is 26.0 Å². The van der Waals surface area contributed by atoms with E-state index in [9.17, 15) is 13.5 Å². The molecule has 0 radical (unpaired) electrons. The Kier molecular flexibility index (Phi) is 6.52. The van der Waals surface area contributed by atoms with Crippen LogP contribution in [0.15, 0.2) is 36.4 Å². The highest BCUT2D eigenvalue weighted by Gasteiger charge is 2.15. The highest BCUT2D eigenvalue weighted by Crippen LogP contribution is 2.16. The molecule has 0 atom stereocenters. The van der Waals surface area contributed by atoms with Gasteiger partial charge in [-0.2, -0.15) is 0 Å². The van der Waals surface area contributed by atoms with E-state index in [0.717, 1.165) is 16.8 Å². The van der Waals surface area contributed by atoms with Crippen LogP contribution in [0.5, 0.6) is 5.75 Å². The highest BCUT2D eigenvalue weighted by atomic mass is 32.2. The number of hydrogen-bond acceptors (Lipinski definition) is 5. The van der Waals surface area contributed by atoms with Crippen LogP contribution in [0.25, 0.3) is 0 Å². The van der Waals surface area contributed by atoms with E-state index in [1.807, 2.05) is 31.2 Å². The van der Waals surface area contributed by atoms with Crippen LogP contribution in [0.3, 0.4) is 0 Å². The van der Waals surface area contributed by atoms with Crippen molar-refractivity contribution in [2.45, 2.75) is 45.7 Å². The first-order valence-electron chi connectivity index (χ1n) is 8.20. The first-order chi connectivity index (χ1) is 11.8. The van der Waals surface area contributed by atoms with Gasteiger partial charge in [0.25, 0.3) is 0 Å². The van der Waals surface area contributed by atoms with Gasteiger partial charge in [-0.05, 0) is 44.0 Å². The summed E-state index contributed by atoms with van der Waals surface area (Å²) in [6.07, 6.45) is 0. The number of aryl methyl sites for hydroxylation is 1. The Morgan fingerprint density at radius 3 is 2.44 bits per heavy atom. The lowest BCUT2D eigenvalue weighted by molar-refractivity contribution is 0.459. The molecule has 0 spiro atoms. The smallest absolute Gasteiger partial charge is 0.216 e. The number of nitrogens with zero attached hydrogens (tertiary/aromatic N) is 1. The van der Waals surface area contributed by atoms with Gasteiger partial charge in [0.2, 0.25) is 10.0 Å². The maximum Gasteiger partial charge on any atom is 0.216 e. The Hall–Kier alpha value is -1.96. The summed E-state index contributed by atoms with van der Waals surface area (Å²) < 4.78 is 26.9. The van der Waals surface area contributed by atoms with Crippen molar-refractivity contribution in [3.8, 4) is 5.75 Å². The monoisotopic (exact) mass is 363 g/mol. The first kappa shape index (κ1) is 19.4. The van der Waals surface area contributed by atoms with Crippen LogP contribution in [0.2, 0.25) is 0 Å². The zero-order valence-corrected chi connectivity index (χ0v) is 15.6. The summed E-state index contributed by atoms with van der Waals surface area (Å²) in [7, 11) is -3.38. The van der Waals surface area contributed by atoms with Gasteiger partial charge >= 0.3 is 0 Å². The number of sulfonamides is 1. The molecule has 0 fully saturated rings. The quantitative estimate of drug-likeness (QED) is 0.669. The van der Waals surface area contributed by atoms with Crippen molar-refractivity contribution < 1.29 is 13.5 Å². The molecule has 0 saturated carbocycles. The third-order valence-electron chi connectivity index (χ3n) is 3.58. The van der Waals surface area contributed by atoms with Gasteiger partial charge in [-0.3, -0.25) is 4.98 Å². The third kappa shape index (κ3) is 6.12.